The number of nitrogens with one attached hydrogen (secondary N) is 11. The molecule has 105 heavy (non-hydrogen) atoms. The number of benzene rings is 4. The van der Waals surface area contributed by atoms with Crippen LogP contribution in [0.25, 0.3) is 0 Å². The summed E-state index contributed by atoms with van der Waals surface area (Å²) in [5.74, 6) is -9.08. The van der Waals surface area contributed by atoms with Gasteiger partial charge in [-0.15, -0.1) is 0 Å². The number of ether oxygens (including phenoxy) is 8. The topological polar surface area (TPSA) is 394 Å². The van der Waals surface area contributed by atoms with Crippen LogP contribution in [0.5, 0.6) is 0 Å². The van der Waals surface area contributed by atoms with Gasteiger partial charge >= 0.3 is 12.2 Å². The van der Waals surface area contributed by atoms with Gasteiger partial charge in [-0.3, -0.25) is 43.2 Å². The van der Waals surface area contributed by atoms with E-state index >= 15 is 0 Å². The zero-order valence-electron chi connectivity index (χ0n) is 61.5. The Kier molecular flexibility index (Phi) is 31.1. The Morgan fingerprint density at radius 3 is 1.52 bits per heavy atom. The van der Waals surface area contributed by atoms with E-state index in [-0.39, 0.29) is 64.3 Å². The fourth-order valence-electron chi connectivity index (χ4n) is 11.6. The van der Waals surface area contributed by atoms with Crippen LogP contribution in [-0.2, 0) is 107 Å². The predicted octanol–water partition coefficient (Wildman–Crippen LogP) is 3.42. The third-order valence-corrected chi connectivity index (χ3v) is 16.7. The lowest BCUT2D eigenvalue weighted by molar-refractivity contribution is -0.232. The van der Waals surface area contributed by atoms with E-state index in [1.807, 2.05) is 44.2 Å². The van der Waals surface area contributed by atoms with Crippen LogP contribution in [0.2, 0.25) is 0 Å². The number of hydrogen-bond acceptors (Lipinski definition) is 19. The fraction of sp³-hybridized carbons (Fsp3) is 0.533. The van der Waals surface area contributed by atoms with Crippen molar-refractivity contribution >= 4 is 65.4 Å². The van der Waals surface area contributed by atoms with Gasteiger partial charge in [-0.1, -0.05) is 135 Å². The van der Waals surface area contributed by atoms with E-state index in [2.05, 4.69) is 58.5 Å². The van der Waals surface area contributed by atoms with Gasteiger partial charge in [0.05, 0.1) is 26.3 Å². The number of carbonyl (C=O) groups is 11. The molecule has 4 aromatic rings. The molecule has 3 aliphatic heterocycles. The molecule has 0 bridgehead atoms. The molecule has 3 aliphatic rings. The van der Waals surface area contributed by atoms with Gasteiger partial charge in [0.25, 0.3) is 0 Å². The lowest BCUT2D eigenvalue weighted by Crippen LogP contribution is -2.59. The minimum atomic E-state index is -1.46. The van der Waals surface area contributed by atoms with E-state index in [4.69, 9.17) is 37.9 Å². The number of alkyl carbamates (subject to hydrolysis) is 2. The summed E-state index contributed by atoms with van der Waals surface area (Å²) in [6, 6.07) is 26.7. The van der Waals surface area contributed by atoms with E-state index in [1.165, 1.54) is 13.8 Å². The minimum Gasteiger partial charge on any atom is -0.445 e. The van der Waals surface area contributed by atoms with Crippen LogP contribution >= 0.6 is 0 Å². The first kappa shape index (κ1) is 82.7. The van der Waals surface area contributed by atoms with Crippen LogP contribution in [0, 0.1) is 5.92 Å². The maximum absolute atomic E-state index is 14.5. The second-order valence-electron chi connectivity index (χ2n) is 28.4. The Morgan fingerprint density at radius 2 is 0.933 bits per heavy atom. The van der Waals surface area contributed by atoms with Gasteiger partial charge in [-0.25, -0.2) is 9.59 Å². The molecule has 12 atom stereocenters. The molecule has 11 N–H and O–H groups in total. The first-order valence-electron chi connectivity index (χ1n) is 35.4. The van der Waals surface area contributed by atoms with Crippen molar-refractivity contribution in [3.05, 3.63) is 144 Å². The van der Waals surface area contributed by atoms with Crippen molar-refractivity contribution in [3.63, 3.8) is 0 Å². The molecule has 3 saturated heterocycles. The number of hydrogen-bond donors (Lipinski definition) is 11. The van der Waals surface area contributed by atoms with Gasteiger partial charge in [0, 0.05) is 25.9 Å². The number of fused-ring (bicyclic) bond motifs is 3. The number of amides is 11. The second kappa shape index (κ2) is 39.5. The maximum atomic E-state index is 14.5. The fourth-order valence-corrected chi connectivity index (χ4v) is 11.6. The molecule has 30 heteroatoms. The van der Waals surface area contributed by atoms with Crippen LogP contribution in [0.4, 0.5) is 9.59 Å². The lowest BCUT2D eigenvalue weighted by atomic mass is 9.99. The monoisotopic (exact) mass is 1460 g/mol. The van der Waals surface area contributed by atoms with Crippen LogP contribution in [0.3, 0.4) is 0 Å². The molecule has 4 aromatic carbocycles. The zero-order valence-corrected chi connectivity index (χ0v) is 61.5. The average molecular weight is 1460 g/mol. The Labute approximate surface area is 612 Å². The van der Waals surface area contributed by atoms with Crippen molar-refractivity contribution in [1.29, 1.82) is 0 Å². The molecule has 0 aliphatic carbocycles. The summed E-state index contributed by atoms with van der Waals surface area (Å²) in [7, 11) is 0. The third-order valence-electron chi connectivity index (χ3n) is 16.7. The van der Waals surface area contributed by atoms with Crippen LogP contribution in [0.15, 0.2) is 121 Å². The smallest absolute Gasteiger partial charge is 0.408 e. The van der Waals surface area contributed by atoms with Crippen LogP contribution in [-0.4, -0.2) is 188 Å². The van der Waals surface area contributed by atoms with Gasteiger partial charge in [0.2, 0.25) is 53.2 Å². The molecular weight excluding hydrogens is 1360 g/mol. The molecule has 3 fully saturated rings. The Balaban J connectivity index is 0.947. The van der Waals surface area contributed by atoms with Gasteiger partial charge in [-0.05, 0) is 116 Å². The summed E-state index contributed by atoms with van der Waals surface area (Å²) in [5.41, 5.74) is 1.97. The molecule has 30 nitrogen and oxygen atoms in total. The molecule has 11 amide bonds. The minimum absolute atomic E-state index is 0.00333. The second-order valence-corrected chi connectivity index (χ2v) is 28.4. The summed E-state index contributed by atoms with van der Waals surface area (Å²) < 4.78 is 47.3. The standard InChI is InChI=1S/C75H103N11O19/c1-45(2)36-53(84-66(92)52(34-24-25-35-76-71(96)99-43-51-32-22-15-23-33-51)83-69(95)55(38-49-28-18-13-19-29-49)86-72(97)105-73(5,6)7)67(93)81-47(4)64(90)85-56(44-98-42-50-30-20-14-21-31-50)65(91)79-40-58(87)77-41-59(88)82-54(37-48-26-16-12-17-27-48)68(94)80-46(3)63(89)78-39-57-60-61(102-74(8,9)101-60)62-70(100-57)104-75(10,11)103-62/h12-23,26-33,45-47,52-57,60-62,70H,24-25,34-44H2,1-11H3,(H,76,96)(H,77,87)(H,78,89)(H,79,91)(H,80,94)(H,81,93)(H,82,88)(H,83,95)(H,84,92)(H,85,90)(H,86,97)/t46-,47-,52-,53-,54-,55-,56-,57?,60-,61?,62?,70+/m0/s1. The van der Waals surface area contributed by atoms with Gasteiger partial charge < -0.3 is 96.4 Å². The highest BCUT2D eigenvalue weighted by molar-refractivity contribution is 5.97. The molecule has 572 valence electrons. The lowest BCUT2D eigenvalue weighted by Gasteiger charge is -2.37. The first-order chi connectivity index (χ1) is 49.8. The highest BCUT2D eigenvalue weighted by Gasteiger charge is 2.60. The largest absolute Gasteiger partial charge is 0.445 e. The molecule has 3 unspecified atom stereocenters. The maximum Gasteiger partial charge on any atom is 0.408 e. The van der Waals surface area contributed by atoms with Crippen molar-refractivity contribution in [2.45, 2.75) is 218 Å². The van der Waals surface area contributed by atoms with Crippen molar-refractivity contribution < 1.29 is 90.6 Å². The summed E-state index contributed by atoms with van der Waals surface area (Å²) >= 11 is 0. The predicted molar refractivity (Wildman–Crippen MR) is 382 cm³/mol. The number of carbonyl (C=O) groups excluding carboxylic acids is 11. The van der Waals surface area contributed by atoms with Crippen LogP contribution in [0.1, 0.15) is 124 Å². The van der Waals surface area contributed by atoms with E-state index < -0.39 is 175 Å². The molecule has 0 aromatic heterocycles. The summed E-state index contributed by atoms with van der Waals surface area (Å²) in [4.78, 5) is 151. The number of rotatable bonds is 37. The third kappa shape index (κ3) is 28.1. The van der Waals surface area contributed by atoms with Crippen molar-refractivity contribution in [3.8, 4) is 0 Å². The van der Waals surface area contributed by atoms with E-state index in [0.717, 1.165) is 11.1 Å². The quantitative estimate of drug-likeness (QED) is 0.0288. The molecule has 0 spiro atoms. The molecule has 0 saturated carbocycles. The van der Waals surface area contributed by atoms with Gasteiger partial charge in [0.1, 0.15) is 78.9 Å². The normalized spacial score (nSPS) is 19.6. The van der Waals surface area contributed by atoms with Crippen molar-refractivity contribution in [2.75, 3.05) is 32.8 Å². The molecule has 0 radical (unpaired) electrons. The Hall–Kier alpha value is -9.59. The molecule has 3 heterocycles. The summed E-state index contributed by atoms with van der Waals surface area (Å²) in [5, 5.41) is 29.1. The highest BCUT2D eigenvalue weighted by atomic mass is 16.9. The Bertz CT molecular complexity index is 3550. The summed E-state index contributed by atoms with van der Waals surface area (Å²) in [6.45, 7) is 16.9. The Morgan fingerprint density at radius 1 is 0.448 bits per heavy atom. The highest BCUT2D eigenvalue weighted by Crippen LogP contribution is 2.44. The van der Waals surface area contributed by atoms with Crippen LogP contribution < -0.4 is 58.5 Å². The number of unbranched alkanes of at least 4 members (excludes halogenated alkanes) is 1. The van der Waals surface area contributed by atoms with Gasteiger partial charge in [-0.2, -0.15) is 0 Å². The van der Waals surface area contributed by atoms with E-state index in [1.54, 1.807) is 139 Å². The SMILES string of the molecule is CC(C)C[C@H](NC(=O)[C@H](CCCCNC(=O)OCc1ccccc1)NC(=O)[C@H](Cc1ccccc1)NC(=O)OC(C)(C)C)C(=O)N[C@@H](C)C(=O)N[C@@H](COCc1ccccc1)C(=O)NCC(=O)NCC(=O)N[C@@H](Cc1ccccc1)C(=O)N[C@@H](C)C(=O)NCC1O[C@@H]2OC(C)(C)OC2C2OC(C)(C)O[C@@H]12. The van der Waals surface area contributed by atoms with E-state index in [0.29, 0.717) is 17.5 Å². The average Bonchev–Trinajstić information content (AvgIpc) is 1.59. The summed E-state index contributed by atoms with van der Waals surface area (Å²) in [6.07, 6.45) is -4.12. The van der Waals surface area contributed by atoms with E-state index in [9.17, 15) is 52.7 Å². The molecular formula is C75H103N11O19. The van der Waals surface area contributed by atoms with Gasteiger partial charge in [0.15, 0.2) is 17.9 Å². The van der Waals surface area contributed by atoms with Crippen molar-refractivity contribution in [1.82, 2.24) is 58.5 Å². The zero-order chi connectivity index (χ0) is 76.4. The molecule has 7 rings (SSSR count). The first-order valence-corrected chi connectivity index (χ1v) is 35.4. The van der Waals surface area contributed by atoms with Crippen molar-refractivity contribution in [2.24, 2.45) is 5.92 Å².